The van der Waals surface area contributed by atoms with Crippen LogP contribution in [0, 0.1) is 5.82 Å². The van der Waals surface area contributed by atoms with Crippen LogP contribution in [0.5, 0.6) is 0 Å². The van der Waals surface area contributed by atoms with Crippen LogP contribution in [0.25, 0.3) is 22.0 Å². The number of rotatable bonds is 3. The van der Waals surface area contributed by atoms with E-state index in [1.54, 1.807) is 11.0 Å². The van der Waals surface area contributed by atoms with Crippen molar-refractivity contribution in [3.8, 4) is 11.1 Å². The molecule has 26 heavy (non-hydrogen) atoms. The van der Waals surface area contributed by atoms with Crippen molar-refractivity contribution in [3.63, 3.8) is 0 Å². The van der Waals surface area contributed by atoms with Gasteiger partial charge < -0.3 is 20.5 Å². The second kappa shape index (κ2) is 6.76. The minimum absolute atomic E-state index is 0.0104. The van der Waals surface area contributed by atoms with Gasteiger partial charge in [0.15, 0.2) is 0 Å². The molecule has 0 atom stereocenters. The number of nitrogens with one attached hydrogen (secondary N) is 1. The normalized spacial score (nSPS) is 14.8. The maximum atomic E-state index is 13.3. The number of benzene rings is 1. The maximum Gasteiger partial charge on any atom is 0.236 e. The van der Waals surface area contributed by atoms with Crippen molar-refractivity contribution in [3.05, 3.63) is 48.5 Å². The number of halogens is 1. The van der Waals surface area contributed by atoms with Crippen molar-refractivity contribution in [2.24, 2.45) is 5.73 Å². The molecule has 0 spiro atoms. The number of nitrogens with zero attached hydrogens (tertiary/aromatic N) is 3. The molecule has 1 aromatic carbocycles. The van der Waals surface area contributed by atoms with Gasteiger partial charge in [0.25, 0.3) is 0 Å². The van der Waals surface area contributed by atoms with E-state index < -0.39 is 0 Å². The molecule has 1 aliphatic rings. The summed E-state index contributed by atoms with van der Waals surface area (Å²) in [4.78, 5) is 23.3. The van der Waals surface area contributed by atoms with Gasteiger partial charge >= 0.3 is 0 Å². The summed E-state index contributed by atoms with van der Waals surface area (Å²) in [5, 5.41) is 0.967. The van der Waals surface area contributed by atoms with Gasteiger partial charge in [-0.2, -0.15) is 0 Å². The molecule has 6 nitrogen and oxygen atoms in total. The van der Waals surface area contributed by atoms with Crippen molar-refractivity contribution >= 4 is 22.6 Å². The van der Waals surface area contributed by atoms with Gasteiger partial charge in [0.05, 0.1) is 6.54 Å². The second-order valence-corrected chi connectivity index (χ2v) is 6.37. The number of aromatic amines is 1. The Hall–Kier alpha value is -2.93. The first-order valence-electron chi connectivity index (χ1n) is 8.61. The number of hydrogen-bond donors (Lipinski definition) is 2. The first kappa shape index (κ1) is 16.5. The first-order chi connectivity index (χ1) is 12.7. The van der Waals surface area contributed by atoms with Gasteiger partial charge in [-0.15, -0.1) is 0 Å². The lowest BCUT2D eigenvalue weighted by Gasteiger charge is -2.35. The van der Waals surface area contributed by atoms with Crippen molar-refractivity contribution < 1.29 is 9.18 Å². The molecule has 0 unspecified atom stereocenters. The zero-order valence-corrected chi connectivity index (χ0v) is 14.3. The van der Waals surface area contributed by atoms with Crippen LogP contribution in [0.2, 0.25) is 0 Å². The molecule has 3 heterocycles. The third-order valence-corrected chi connectivity index (χ3v) is 4.83. The summed E-state index contributed by atoms with van der Waals surface area (Å²) in [5.41, 5.74) is 8.16. The van der Waals surface area contributed by atoms with Gasteiger partial charge in [0.2, 0.25) is 5.91 Å². The van der Waals surface area contributed by atoms with E-state index in [9.17, 15) is 9.18 Å². The van der Waals surface area contributed by atoms with E-state index in [1.807, 2.05) is 24.5 Å². The molecule has 3 N–H and O–H groups in total. The van der Waals surface area contributed by atoms with Crippen LogP contribution in [-0.2, 0) is 4.79 Å². The summed E-state index contributed by atoms with van der Waals surface area (Å²) in [6, 6.07) is 8.73. The molecule has 134 valence electrons. The molecule has 4 rings (SSSR count). The molecule has 7 heteroatoms. The summed E-state index contributed by atoms with van der Waals surface area (Å²) < 4.78 is 13.3. The number of amides is 1. The van der Waals surface area contributed by atoms with Crippen molar-refractivity contribution in [2.75, 3.05) is 37.6 Å². The predicted molar refractivity (Wildman–Crippen MR) is 99.3 cm³/mol. The molecule has 2 aromatic heterocycles. The summed E-state index contributed by atoms with van der Waals surface area (Å²) in [6.45, 7) is 2.86. The number of carbonyl (C=O) groups is 1. The Morgan fingerprint density at radius 2 is 2.00 bits per heavy atom. The topological polar surface area (TPSA) is 78.3 Å². The molecule has 3 aromatic rings. The Bertz CT molecular complexity index is 929. The van der Waals surface area contributed by atoms with E-state index >= 15 is 0 Å². The highest BCUT2D eigenvalue weighted by Gasteiger charge is 2.21. The van der Waals surface area contributed by atoms with Crippen molar-refractivity contribution in [1.29, 1.82) is 0 Å². The Kier molecular flexibility index (Phi) is 4.30. The average molecular weight is 353 g/mol. The van der Waals surface area contributed by atoms with Crippen LogP contribution in [0.1, 0.15) is 0 Å². The van der Waals surface area contributed by atoms with Crippen molar-refractivity contribution in [1.82, 2.24) is 14.9 Å². The fourth-order valence-corrected chi connectivity index (χ4v) is 3.38. The van der Waals surface area contributed by atoms with Crippen LogP contribution in [0.3, 0.4) is 0 Å². The van der Waals surface area contributed by atoms with Gasteiger partial charge in [0, 0.05) is 60.6 Å². The molecular weight excluding hydrogens is 333 g/mol. The van der Waals surface area contributed by atoms with Crippen LogP contribution in [0.15, 0.2) is 42.7 Å². The lowest BCUT2D eigenvalue weighted by atomic mass is 10.1. The van der Waals surface area contributed by atoms with Gasteiger partial charge in [0.1, 0.15) is 11.6 Å². The van der Waals surface area contributed by atoms with E-state index in [-0.39, 0.29) is 18.3 Å². The number of carbonyl (C=O) groups excluding carboxylic acids is 1. The molecule has 1 aliphatic heterocycles. The summed E-state index contributed by atoms with van der Waals surface area (Å²) in [5.74, 6) is 0.620. The lowest BCUT2D eigenvalue weighted by Crippen LogP contribution is -2.50. The Labute approximate surface area is 150 Å². The summed E-state index contributed by atoms with van der Waals surface area (Å²) in [6.07, 6.45) is 3.71. The number of H-pyrrole nitrogens is 1. The standard InChI is InChI=1S/C19H20FN5O/c20-14-2-3-15-16(12-22-17(15)9-14)13-1-4-18(23-11-13)24-5-7-25(8-6-24)19(26)10-21/h1-4,9,11-12,22H,5-8,10,21H2. The van der Waals surface area contributed by atoms with E-state index in [1.165, 1.54) is 12.1 Å². The van der Waals surface area contributed by atoms with E-state index in [0.29, 0.717) is 13.1 Å². The van der Waals surface area contributed by atoms with Gasteiger partial charge in [-0.25, -0.2) is 9.37 Å². The molecule has 1 amide bonds. The Balaban J connectivity index is 1.51. The van der Waals surface area contributed by atoms with Crippen LogP contribution < -0.4 is 10.6 Å². The fourth-order valence-electron chi connectivity index (χ4n) is 3.38. The number of pyridine rings is 1. The van der Waals surface area contributed by atoms with Gasteiger partial charge in [-0.05, 0) is 30.3 Å². The number of nitrogens with two attached hydrogens (primary N) is 1. The third kappa shape index (κ3) is 3.01. The fraction of sp³-hybridized carbons (Fsp3) is 0.263. The Morgan fingerprint density at radius 1 is 1.19 bits per heavy atom. The molecule has 0 radical (unpaired) electrons. The largest absolute Gasteiger partial charge is 0.360 e. The highest BCUT2D eigenvalue weighted by Crippen LogP contribution is 2.29. The second-order valence-electron chi connectivity index (χ2n) is 6.37. The average Bonchev–Trinajstić information content (AvgIpc) is 3.10. The number of fused-ring (bicyclic) bond motifs is 1. The zero-order valence-electron chi connectivity index (χ0n) is 14.3. The van der Waals surface area contributed by atoms with Crippen molar-refractivity contribution in [2.45, 2.75) is 0 Å². The predicted octanol–water partition coefficient (Wildman–Crippen LogP) is 1.98. The minimum atomic E-state index is -0.258. The smallest absolute Gasteiger partial charge is 0.236 e. The Morgan fingerprint density at radius 3 is 2.69 bits per heavy atom. The summed E-state index contributed by atoms with van der Waals surface area (Å²) in [7, 11) is 0. The van der Waals surface area contributed by atoms with E-state index in [2.05, 4.69) is 14.9 Å². The van der Waals surface area contributed by atoms with Gasteiger partial charge in [-0.3, -0.25) is 4.79 Å². The SMILES string of the molecule is NCC(=O)N1CCN(c2ccc(-c3c[nH]c4cc(F)ccc34)cn2)CC1. The molecule has 0 aliphatic carbocycles. The highest BCUT2D eigenvalue weighted by atomic mass is 19.1. The monoisotopic (exact) mass is 353 g/mol. The minimum Gasteiger partial charge on any atom is -0.360 e. The number of anilines is 1. The quantitative estimate of drug-likeness (QED) is 0.755. The number of piperazine rings is 1. The summed E-state index contributed by atoms with van der Waals surface area (Å²) >= 11 is 0. The van der Waals surface area contributed by atoms with Crippen LogP contribution in [0.4, 0.5) is 10.2 Å². The lowest BCUT2D eigenvalue weighted by molar-refractivity contribution is -0.129. The zero-order chi connectivity index (χ0) is 18.1. The molecule has 0 saturated carbocycles. The first-order valence-corrected chi connectivity index (χ1v) is 8.61. The van der Waals surface area contributed by atoms with E-state index in [0.717, 1.165) is 40.9 Å². The highest BCUT2D eigenvalue weighted by molar-refractivity contribution is 5.95. The number of hydrogen-bond acceptors (Lipinski definition) is 4. The van der Waals surface area contributed by atoms with Crippen LogP contribution >= 0.6 is 0 Å². The number of aromatic nitrogens is 2. The van der Waals surface area contributed by atoms with E-state index in [4.69, 9.17) is 5.73 Å². The molecule has 0 bridgehead atoms. The van der Waals surface area contributed by atoms with Crippen LogP contribution in [-0.4, -0.2) is 53.5 Å². The third-order valence-electron chi connectivity index (χ3n) is 4.83. The van der Waals surface area contributed by atoms with Gasteiger partial charge in [-0.1, -0.05) is 0 Å². The molecular formula is C19H20FN5O. The maximum absolute atomic E-state index is 13.3. The molecule has 1 saturated heterocycles. The molecule has 1 fully saturated rings.